The molecule has 4 nitrogen and oxygen atoms in total. The van der Waals surface area contributed by atoms with Crippen LogP contribution in [0.15, 0.2) is 33.7 Å². The molecule has 0 bridgehead atoms. The van der Waals surface area contributed by atoms with E-state index in [9.17, 15) is 23.5 Å². The number of hydrogen-bond acceptors (Lipinski definition) is 2. The Morgan fingerprint density at radius 2 is 2.05 bits per heavy atom. The van der Waals surface area contributed by atoms with E-state index in [1.54, 1.807) is 13.0 Å². The normalized spacial score (nSPS) is 10.7. The van der Waals surface area contributed by atoms with Crippen LogP contribution < -0.4 is 5.56 Å². The summed E-state index contributed by atoms with van der Waals surface area (Å²) in [5.74, 6) is -3.14. The lowest BCUT2D eigenvalue weighted by molar-refractivity contribution is 0.0694. The topological polar surface area (TPSA) is 59.3 Å². The molecule has 2 aromatic rings. The first-order chi connectivity index (χ1) is 10.3. The molecule has 1 aromatic carbocycles. The predicted octanol–water partition coefficient (Wildman–Crippen LogP) is 3.20. The van der Waals surface area contributed by atoms with Gasteiger partial charge in [-0.15, -0.1) is 0 Å². The number of aromatic nitrogens is 1. The molecule has 0 aliphatic heterocycles. The Kier molecular flexibility index (Phi) is 4.75. The predicted molar refractivity (Wildman–Crippen MR) is 80.2 cm³/mol. The summed E-state index contributed by atoms with van der Waals surface area (Å²) in [6.07, 6.45) is 0.770. The molecule has 0 aliphatic rings. The van der Waals surface area contributed by atoms with Gasteiger partial charge in [0, 0.05) is 29.2 Å². The summed E-state index contributed by atoms with van der Waals surface area (Å²) in [6, 6.07) is 4.17. The molecule has 0 unspecified atom stereocenters. The van der Waals surface area contributed by atoms with Crippen LogP contribution in [0.4, 0.5) is 8.78 Å². The largest absolute Gasteiger partial charge is 0.478 e. The minimum absolute atomic E-state index is 0.109. The van der Waals surface area contributed by atoms with Gasteiger partial charge in [0.05, 0.1) is 5.56 Å². The lowest BCUT2D eigenvalue weighted by atomic mass is 10.0. The number of halogens is 3. The lowest BCUT2D eigenvalue weighted by Gasteiger charge is -2.11. The Morgan fingerprint density at radius 3 is 2.59 bits per heavy atom. The summed E-state index contributed by atoms with van der Waals surface area (Å²) in [6.45, 7) is 1.74. The van der Waals surface area contributed by atoms with Crippen LogP contribution in [0.25, 0.3) is 0 Å². The number of aromatic carboxylic acids is 1. The van der Waals surface area contributed by atoms with E-state index in [0.29, 0.717) is 4.47 Å². The molecule has 0 amide bonds. The first-order valence-corrected chi connectivity index (χ1v) is 7.23. The number of nitrogens with zero attached hydrogens (tertiary/aromatic N) is 1. The fourth-order valence-electron chi connectivity index (χ4n) is 2.11. The molecular formula is C15H12BrF2NO3. The summed E-state index contributed by atoms with van der Waals surface area (Å²) in [5.41, 5.74) is -1.47. The minimum Gasteiger partial charge on any atom is -0.478 e. The fourth-order valence-corrected chi connectivity index (χ4v) is 2.45. The smallest absolute Gasteiger partial charge is 0.337 e. The van der Waals surface area contributed by atoms with Crippen LogP contribution in [0.5, 0.6) is 0 Å². The van der Waals surface area contributed by atoms with Crippen LogP contribution in [-0.2, 0) is 13.0 Å². The summed E-state index contributed by atoms with van der Waals surface area (Å²) < 4.78 is 29.6. The standard InChI is InChI=1S/C15H12BrF2NO3/c1-2-19-7-11(15(21)22)10(13(18)14(19)20)5-8-3-4-9(16)6-12(8)17/h3-4,6-7H,2,5H2,1H3,(H,21,22). The monoisotopic (exact) mass is 371 g/mol. The van der Waals surface area contributed by atoms with Gasteiger partial charge in [0.15, 0.2) is 5.82 Å². The van der Waals surface area contributed by atoms with Gasteiger partial charge in [-0.3, -0.25) is 4.79 Å². The number of aryl methyl sites for hydroxylation is 1. The lowest BCUT2D eigenvalue weighted by Crippen LogP contribution is -2.26. The van der Waals surface area contributed by atoms with E-state index in [4.69, 9.17) is 0 Å². The summed E-state index contributed by atoms with van der Waals surface area (Å²) in [7, 11) is 0. The molecule has 0 aliphatic carbocycles. The van der Waals surface area contributed by atoms with Crippen LogP contribution in [0.3, 0.4) is 0 Å². The van der Waals surface area contributed by atoms with E-state index < -0.39 is 23.2 Å². The highest BCUT2D eigenvalue weighted by atomic mass is 79.9. The molecule has 0 spiro atoms. The third kappa shape index (κ3) is 3.09. The van der Waals surface area contributed by atoms with E-state index in [1.807, 2.05) is 0 Å². The van der Waals surface area contributed by atoms with E-state index in [-0.39, 0.29) is 29.7 Å². The second-order valence-electron chi connectivity index (χ2n) is 4.64. The number of carboxylic acids is 1. The Hall–Kier alpha value is -2.02. The molecule has 1 aromatic heterocycles. The summed E-state index contributed by atoms with van der Waals surface area (Å²) >= 11 is 3.10. The molecule has 0 atom stereocenters. The zero-order valence-corrected chi connectivity index (χ0v) is 13.2. The van der Waals surface area contributed by atoms with Crippen molar-refractivity contribution in [3.63, 3.8) is 0 Å². The average molecular weight is 372 g/mol. The van der Waals surface area contributed by atoms with Gasteiger partial charge in [-0.1, -0.05) is 22.0 Å². The fraction of sp³-hybridized carbons (Fsp3) is 0.200. The molecule has 22 heavy (non-hydrogen) atoms. The van der Waals surface area contributed by atoms with Crippen molar-refractivity contribution in [2.24, 2.45) is 0 Å². The number of benzene rings is 1. The second-order valence-corrected chi connectivity index (χ2v) is 5.56. The van der Waals surface area contributed by atoms with Crippen molar-refractivity contribution in [2.75, 3.05) is 0 Å². The molecule has 1 heterocycles. The molecule has 0 fully saturated rings. The van der Waals surface area contributed by atoms with E-state index in [0.717, 1.165) is 10.8 Å². The Morgan fingerprint density at radius 1 is 1.36 bits per heavy atom. The highest BCUT2D eigenvalue weighted by Gasteiger charge is 2.21. The van der Waals surface area contributed by atoms with Crippen molar-refractivity contribution in [1.29, 1.82) is 0 Å². The van der Waals surface area contributed by atoms with Crippen LogP contribution in [0.2, 0.25) is 0 Å². The molecular weight excluding hydrogens is 360 g/mol. The third-order valence-electron chi connectivity index (χ3n) is 3.28. The van der Waals surface area contributed by atoms with E-state index in [1.165, 1.54) is 12.1 Å². The van der Waals surface area contributed by atoms with Crippen molar-refractivity contribution in [1.82, 2.24) is 4.57 Å². The maximum absolute atomic E-state index is 14.2. The van der Waals surface area contributed by atoms with Gasteiger partial charge in [0.1, 0.15) is 5.82 Å². The first kappa shape index (κ1) is 16.4. The van der Waals surface area contributed by atoms with Gasteiger partial charge in [-0.25, -0.2) is 13.6 Å². The number of hydrogen-bond donors (Lipinski definition) is 1. The molecule has 2 rings (SSSR count). The van der Waals surface area contributed by atoms with Gasteiger partial charge in [0.2, 0.25) is 0 Å². The molecule has 0 saturated carbocycles. The quantitative estimate of drug-likeness (QED) is 0.897. The molecule has 0 radical (unpaired) electrons. The summed E-state index contributed by atoms with van der Waals surface area (Å²) in [5, 5.41) is 9.21. The van der Waals surface area contributed by atoms with Crippen molar-refractivity contribution in [3.05, 3.63) is 67.5 Å². The van der Waals surface area contributed by atoms with Crippen molar-refractivity contribution < 1.29 is 18.7 Å². The number of carboxylic acid groups (broad SMARTS) is 1. The Labute approximate surface area is 133 Å². The van der Waals surface area contributed by atoms with Gasteiger partial charge in [-0.05, 0) is 24.6 Å². The molecule has 1 N–H and O–H groups in total. The number of carbonyl (C=O) groups is 1. The van der Waals surface area contributed by atoms with Gasteiger partial charge in [0.25, 0.3) is 5.56 Å². The Balaban J connectivity index is 2.61. The SMILES string of the molecule is CCn1cc(C(=O)O)c(Cc2ccc(Br)cc2F)c(F)c1=O. The van der Waals surface area contributed by atoms with Gasteiger partial charge in [-0.2, -0.15) is 0 Å². The zero-order chi connectivity index (χ0) is 16.4. The highest BCUT2D eigenvalue weighted by molar-refractivity contribution is 9.10. The second kappa shape index (κ2) is 6.39. The van der Waals surface area contributed by atoms with Crippen LogP contribution >= 0.6 is 15.9 Å². The number of pyridine rings is 1. The van der Waals surface area contributed by atoms with Crippen molar-refractivity contribution >= 4 is 21.9 Å². The van der Waals surface area contributed by atoms with Gasteiger partial charge >= 0.3 is 5.97 Å². The van der Waals surface area contributed by atoms with Crippen molar-refractivity contribution in [2.45, 2.75) is 19.9 Å². The van der Waals surface area contributed by atoms with Gasteiger partial charge < -0.3 is 9.67 Å². The first-order valence-electron chi connectivity index (χ1n) is 6.44. The maximum Gasteiger partial charge on any atom is 0.337 e. The van der Waals surface area contributed by atoms with E-state index in [2.05, 4.69) is 15.9 Å². The highest BCUT2D eigenvalue weighted by Crippen LogP contribution is 2.21. The zero-order valence-electron chi connectivity index (χ0n) is 11.6. The van der Waals surface area contributed by atoms with E-state index >= 15 is 0 Å². The molecule has 116 valence electrons. The minimum atomic E-state index is -1.37. The van der Waals surface area contributed by atoms with Crippen LogP contribution in [-0.4, -0.2) is 15.6 Å². The molecule has 0 saturated heterocycles. The third-order valence-corrected chi connectivity index (χ3v) is 3.77. The Bertz CT molecular complexity index is 802. The van der Waals surface area contributed by atoms with Crippen molar-refractivity contribution in [3.8, 4) is 0 Å². The van der Waals surface area contributed by atoms with Crippen LogP contribution in [0.1, 0.15) is 28.4 Å². The summed E-state index contributed by atoms with van der Waals surface area (Å²) in [4.78, 5) is 23.1. The average Bonchev–Trinajstić information content (AvgIpc) is 2.46. The molecule has 7 heteroatoms. The number of rotatable bonds is 4. The maximum atomic E-state index is 14.2. The van der Waals surface area contributed by atoms with Crippen LogP contribution in [0, 0.1) is 11.6 Å².